The molecule has 0 aromatic carbocycles. The molecule has 21 heavy (non-hydrogen) atoms. The van der Waals surface area contributed by atoms with Gasteiger partial charge in [-0.25, -0.2) is 4.79 Å². The van der Waals surface area contributed by atoms with Crippen molar-refractivity contribution in [3.05, 3.63) is 35.7 Å². The van der Waals surface area contributed by atoms with E-state index in [1.807, 2.05) is 19.9 Å². The van der Waals surface area contributed by atoms with Crippen molar-refractivity contribution in [1.29, 1.82) is 5.26 Å². The number of carboxylic acids is 1. The van der Waals surface area contributed by atoms with Crippen molar-refractivity contribution in [2.75, 3.05) is 6.54 Å². The first kappa shape index (κ1) is 16.4. The van der Waals surface area contributed by atoms with Crippen LogP contribution in [-0.2, 0) is 4.79 Å². The average Bonchev–Trinajstić information content (AvgIpc) is 2.45. The molecule has 0 saturated heterocycles. The quantitative estimate of drug-likeness (QED) is 0.807. The minimum Gasteiger partial charge on any atom is -0.478 e. The Kier molecular flexibility index (Phi) is 6.08. The number of nitrogens with zero attached hydrogens (tertiary/aromatic N) is 3. The van der Waals surface area contributed by atoms with Crippen LogP contribution in [-0.4, -0.2) is 39.5 Å². The second-order valence-electron chi connectivity index (χ2n) is 4.68. The highest BCUT2D eigenvalue weighted by molar-refractivity contribution is 5.95. The molecule has 0 unspecified atom stereocenters. The van der Waals surface area contributed by atoms with Crippen LogP contribution in [0.5, 0.6) is 0 Å². The molecule has 1 aromatic heterocycles. The van der Waals surface area contributed by atoms with E-state index >= 15 is 0 Å². The van der Waals surface area contributed by atoms with Crippen molar-refractivity contribution in [2.45, 2.75) is 26.3 Å². The van der Waals surface area contributed by atoms with E-state index < -0.39 is 5.97 Å². The summed E-state index contributed by atoms with van der Waals surface area (Å²) in [5.74, 6) is -1.29. The Bertz CT molecular complexity index is 588. The lowest BCUT2D eigenvalue weighted by molar-refractivity contribution is -0.131. The second kappa shape index (κ2) is 7.80. The van der Waals surface area contributed by atoms with Crippen LogP contribution in [0.25, 0.3) is 6.08 Å². The van der Waals surface area contributed by atoms with Crippen LogP contribution in [0.3, 0.4) is 0 Å². The zero-order chi connectivity index (χ0) is 15.8. The van der Waals surface area contributed by atoms with Gasteiger partial charge in [-0.2, -0.15) is 5.26 Å². The van der Waals surface area contributed by atoms with Gasteiger partial charge in [0.2, 0.25) is 0 Å². The molecule has 1 rings (SSSR count). The molecule has 6 nitrogen and oxygen atoms in total. The van der Waals surface area contributed by atoms with Crippen molar-refractivity contribution >= 4 is 18.0 Å². The molecule has 6 heteroatoms. The van der Waals surface area contributed by atoms with Gasteiger partial charge in [0, 0.05) is 31.1 Å². The van der Waals surface area contributed by atoms with Gasteiger partial charge in [0.25, 0.3) is 5.91 Å². The lowest BCUT2D eigenvalue weighted by Crippen LogP contribution is -2.37. The highest BCUT2D eigenvalue weighted by Gasteiger charge is 2.18. The summed E-state index contributed by atoms with van der Waals surface area (Å²) in [5, 5.41) is 17.2. The van der Waals surface area contributed by atoms with Crippen LogP contribution in [0.1, 0.15) is 36.2 Å². The summed E-state index contributed by atoms with van der Waals surface area (Å²) in [6, 6.07) is 3.56. The number of aromatic nitrogens is 1. The highest BCUT2D eigenvalue weighted by Crippen LogP contribution is 2.11. The maximum Gasteiger partial charge on any atom is 0.328 e. The van der Waals surface area contributed by atoms with Gasteiger partial charge in [-0.05, 0) is 31.6 Å². The molecule has 1 heterocycles. The predicted molar refractivity (Wildman–Crippen MR) is 77.3 cm³/mol. The zero-order valence-electron chi connectivity index (χ0n) is 12.0. The summed E-state index contributed by atoms with van der Waals surface area (Å²) < 4.78 is 0. The van der Waals surface area contributed by atoms with Crippen LogP contribution in [0.2, 0.25) is 0 Å². The summed E-state index contributed by atoms with van der Waals surface area (Å²) in [5.41, 5.74) is 0.904. The fraction of sp³-hybridized carbons (Fsp3) is 0.333. The minimum absolute atomic E-state index is 0.0379. The van der Waals surface area contributed by atoms with E-state index in [1.165, 1.54) is 18.5 Å². The summed E-state index contributed by atoms with van der Waals surface area (Å²) in [6.07, 6.45) is 5.53. The zero-order valence-corrected chi connectivity index (χ0v) is 12.0. The summed E-state index contributed by atoms with van der Waals surface area (Å²) in [6.45, 7) is 4.09. The summed E-state index contributed by atoms with van der Waals surface area (Å²) in [4.78, 5) is 28.5. The van der Waals surface area contributed by atoms with Gasteiger partial charge in [-0.15, -0.1) is 0 Å². The number of carbonyl (C=O) groups excluding carboxylic acids is 1. The van der Waals surface area contributed by atoms with Gasteiger partial charge >= 0.3 is 5.97 Å². The SMILES string of the molecule is CC(C)N(CCC#N)C(=O)c1cncc(C=CC(=O)O)c1. The third kappa shape index (κ3) is 5.07. The Labute approximate surface area is 123 Å². The Hall–Kier alpha value is -2.68. The molecule has 0 spiro atoms. The van der Waals surface area contributed by atoms with Crippen molar-refractivity contribution < 1.29 is 14.7 Å². The number of amides is 1. The van der Waals surface area contributed by atoms with Gasteiger partial charge in [0.15, 0.2) is 0 Å². The number of aliphatic carboxylic acids is 1. The van der Waals surface area contributed by atoms with Gasteiger partial charge in [-0.3, -0.25) is 9.78 Å². The monoisotopic (exact) mass is 287 g/mol. The molecular formula is C15H17N3O3. The number of rotatable bonds is 6. The molecule has 1 aromatic rings. The summed E-state index contributed by atoms with van der Waals surface area (Å²) >= 11 is 0. The Morgan fingerprint density at radius 2 is 2.19 bits per heavy atom. The van der Waals surface area contributed by atoms with Crippen LogP contribution >= 0.6 is 0 Å². The lowest BCUT2D eigenvalue weighted by atomic mass is 10.1. The van der Waals surface area contributed by atoms with E-state index in [1.54, 1.807) is 11.0 Å². The third-order valence-electron chi connectivity index (χ3n) is 2.77. The number of hydrogen-bond donors (Lipinski definition) is 1. The number of carbonyl (C=O) groups is 2. The van der Waals surface area contributed by atoms with Crippen LogP contribution in [0, 0.1) is 11.3 Å². The van der Waals surface area contributed by atoms with Gasteiger partial charge in [-0.1, -0.05) is 0 Å². The minimum atomic E-state index is -1.07. The average molecular weight is 287 g/mol. The topological polar surface area (TPSA) is 94.3 Å². The molecule has 0 aliphatic heterocycles. The van der Waals surface area contributed by atoms with Gasteiger partial charge < -0.3 is 10.0 Å². The Morgan fingerprint density at radius 3 is 2.76 bits per heavy atom. The first-order valence-electron chi connectivity index (χ1n) is 6.49. The largest absolute Gasteiger partial charge is 0.478 e. The number of carboxylic acid groups (broad SMARTS) is 1. The van der Waals surface area contributed by atoms with E-state index in [2.05, 4.69) is 4.98 Å². The van der Waals surface area contributed by atoms with Crippen LogP contribution in [0.15, 0.2) is 24.5 Å². The molecule has 0 fully saturated rings. The van der Waals surface area contributed by atoms with Crippen molar-refractivity contribution in [1.82, 2.24) is 9.88 Å². The highest BCUT2D eigenvalue weighted by atomic mass is 16.4. The molecule has 0 radical (unpaired) electrons. The van der Waals surface area contributed by atoms with Crippen molar-refractivity contribution in [3.63, 3.8) is 0 Å². The maximum atomic E-state index is 12.4. The fourth-order valence-electron chi connectivity index (χ4n) is 1.76. The Balaban J connectivity index is 2.97. The molecule has 0 saturated carbocycles. The van der Waals surface area contributed by atoms with Crippen molar-refractivity contribution in [3.8, 4) is 6.07 Å². The van der Waals surface area contributed by atoms with Gasteiger partial charge in [0.1, 0.15) is 0 Å². The van der Waals surface area contributed by atoms with E-state index in [0.717, 1.165) is 6.08 Å². The molecular weight excluding hydrogens is 270 g/mol. The first-order chi connectivity index (χ1) is 9.95. The second-order valence-corrected chi connectivity index (χ2v) is 4.68. The van der Waals surface area contributed by atoms with E-state index in [4.69, 9.17) is 10.4 Å². The third-order valence-corrected chi connectivity index (χ3v) is 2.77. The van der Waals surface area contributed by atoms with E-state index in [0.29, 0.717) is 17.7 Å². The van der Waals surface area contributed by atoms with E-state index in [9.17, 15) is 9.59 Å². The molecule has 1 amide bonds. The normalized spacial score (nSPS) is 10.6. The molecule has 0 aliphatic rings. The maximum absolute atomic E-state index is 12.4. The predicted octanol–water partition coefficient (Wildman–Crippen LogP) is 1.94. The molecule has 0 aliphatic carbocycles. The van der Waals surface area contributed by atoms with Crippen LogP contribution < -0.4 is 0 Å². The fourth-order valence-corrected chi connectivity index (χ4v) is 1.76. The Morgan fingerprint density at radius 1 is 1.48 bits per heavy atom. The molecule has 0 bridgehead atoms. The molecule has 1 N–H and O–H groups in total. The van der Waals surface area contributed by atoms with Gasteiger partial charge in [0.05, 0.1) is 18.1 Å². The van der Waals surface area contributed by atoms with E-state index in [-0.39, 0.29) is 18.4 Å². The number of hydrogen-bond acceptors (Lipinski definition) is 4. The smallest absolute Gasteiger partial charge is 0.328 e. The first-order valence-corrected chi connectivity index (χ1v) is 6.49. The molecule has 0 atom stereocenters. The van der Waals surface area contributed by atoms with Crippen LogP contribution in [0.4, 0.5) is 0 Å². The standard InChI is InChI=1S/C15H17N3O3/c1-11(2)18(7-3-6-16)15(21)13-8-12(9-17-10-13)4-5-14(19)20/h4-5,8-11H,3,7H2,1-2H3,(H,19,20). The summed E-state index contributed by atoms with van der Waals surface area (Å²) in [7, 11) is 0. The van der Waals surface area contributed by atoms with Crippen molar-refractivity contribution in [2.24, 2.45) is 0 Å². The number of pyridine rings is 1. The molecule has 110 valence electrons. The number of nitriles is 1. The lowest BCUT2D eigenvalue weighted by Gasteiger charge is -2.25.